The molecule has 8 heteroatoms. The molecule has 0 spiro atoms. The fraction of sp³-hybridized carbons (Fsp3) is 0.733. The van der Waals surface area contributed by atoms with Crippen molar-refractivity contribution in [2.45, 2.75) is 52.2 Å². The van der Waals surface area contributed by atoms with Gasteiger partial charge in [0.2, 0.25) is 5.91 Å². The highest BCUT2D eigenvalue weighted by Gasteiger charge is 2.29. The van der Waals surface area contributed by atoms with Crippen LogP contribution in [0.2, 0.25) is 0 Å². The number of aldehydes is 1. The summed E-state index contributed by atoms with van der Waals surface area (Å²) in [6.45, 7) is 5.64. The van der Waals surface area contributed by atoms with Crippen LogP contribution in [0.25, 0.3) is 0 Å². The molecular formula is C15H27N3O5. The summed E-state index contributed by atoms with van der Waals surface area (Å²) in [7, 11) is 3.22. The Morgan fingerprint density at radius 3 is 2.22 bits per heavy atom. The first-order valence-electron chi connectivity index (χ1n) is 7.38. The van der Waals surface area contributed by atoms with Crippen LogP contribution < -0.4 is 11.1 Å². The molecule has 3 amide bonds. The van der Waals surface area contributed by atoms with Gasteiger partial charge in [-0.05, 0) is 18.3 Å². The number of ether oxygens (including phenoxy) is 1. The minimum absolute atomic E-state index is 0.122. The SMILES string of the molecule is CN(C)C(=O)CCC(C=O)NC(=O)C(CC(C)(C)C)OC(N)=O. The molecule has 0 aliphatic rings. The summed E-state index contributed by atoms with van der Waals surface area (Å²) in [5.74, 6) is -0.751. The lowest BCUT2D eigenvalue weighted by Crippen LogP contribution is -2.46. The number of nitrogens with one attached hydrogen (secondary N) is 1. The van der Waals surface area contributed by atoms with Crippen LogP contribution in [0.5, 0.6) is 0 Å². The average molecular weight is 329 g/mol. The summed E-state index contributed by atoms with van der Waals surface area (Å²) in [6, 6.07) is -0.828. The maximum atomic E-state index is 12.2. The fourth-order valence-electron chi connectivity index (χ4n) is 1.84. The van der Waals surface area contributed by atoms with Gasteiger partial charge in [-0.15, -0.1) is 0 Å². The van der Waals surface area contributed by atoms with Gasteiger partial charge in [0, 0.05) is 20.5 Å². The Morgan fingerprint density at radius 1 is 1.26 bits per heavy atom. The van der Waals surface area contributed by atoms with Crippen LogP contribution in [0.4, 0.5) is 4.79 Å². The molecule has 8 nitrogen and oxygen atoms in total. The highest BCUT2D eigenvalue weighted by Crippen LogP contribution is 2.22. The van der Waals surface area contributed by atoms with E-state index in [2.05, 4.69) is 5.32 Å². The molecule has 2 atom stereocenters. The van der Waals surface area contributed by atoms with Crippen molar-refractivity contribution < 1.29 is 23.9 Å². The molecule has 0 saturated carbocycles. The van der Waals surface area contributed by atoms with Crippen LogP contribution >= 0.6 is 0 Å². The van der Waals surface area contributed by atoms with E-state index in [4.69, 9.17) is 10.5 Å². The lowest BCUT2D eigenvalue weighted by atomic mass is 9.89. The Labute approximate surface area is 136 Å². The number of nitrogens with two attached hydrogens (primary N) is 1. The van der Waals surface area contributed by atoms with Crippen molar-refractivity contribution >= 4 is 24.2 Å². The minimum atomic E-state index is -1.08. The van der Waals surface area contributed by atoms with E-state index in [-0.39, 0.29) is 30.6 Å². The van der Waals surface area contributed by atoms with E-state index in [0.717, 1.165) is 0 Å². The summed E-state index contributed by atoms with van der Waals surface area (Å²) in [6.07, 6.45) is -1.04. The van der Waals surface area contributed by atoms with Crippen LogP contribution in [-0.2, 0) is 19.1 Å². The third-order valence-corrected chi connectivity index (χ3v) is 3.01. The number of hydrogen-bond donors (Lipinski definition) is 2. The van der Waals surface area contributed by atoms with Gasteiger partial charge < -0.3 is 25.5 Å². The summed E-state index contributed by atoms with van der Waals surface area (Å²) in [5, 5.41) is 2.48. The predicted molar refractivity (Wildman–Crippen MR) is 84.5 cm³/mol. The van der Waals surface area contributed by atoms with Crippen LogP contribution in [0.1, 0.15) is 40.0 Å². The molecule has 0 rings (SSSR count). The van der Waals surface area contributed by atoms with Crippen molar-refractivity contribution in [1.29, 1.82) is 0 Å². The standard InChI is InChI=1S/C15H27N3O5/c1-15(2,3)8-11(23-14(16)22)13(21)17-10(9-19)6-7-12(20)18(4)5/h9-11H,6-8H2,1-5H3,(H2,16,22)(H,17,21). The average Bonchev–Trinajstić information content (AvgIpc) is 2.39. The van der Waals surface area contributed by atoms with E-state index in [0.29, 0.717) is 6.29 Å². The minimum Gasteiger partial charge on any atom is -0.436 e. The third kappa shape index (κ3) is 9.49. The zero-order valence-corrected chi connectivity index (χ0v) is 14.4. The molecule has 0 saturated heterocycles. The van der Waals surface area contributed by atoms with Gasteiger partial charge in [-0.1, -0.05) is 20.8 Å². The van der Waals surface area contributed by atoms with E-state index in [1.165, 1.54) is 4.90 Å². The fourth-order valence-corrected chi connectivity index (χ4v) is 1.84. The molecule has 0 radical (unpaired) electrons. The van der Waals surface area contributed by atoms with Crippen LogP contribution in [0.3, 0.4) is 0 Å². The Kier molecular flexibility index (Phi) is 8.28. The monoisotopic (exact) mass is 329 g/mol. The second-order valence-electron chi connectivity index (χ2n) is 6.77. The maximum absolute atomic E-state index is 12.2. The summed E-state index contributed by atoms with van der Waals surface area (Å²) in [5.41, 5.74) is 4.70. The normalized spacial score (nSPS) is 13.6. The predicted octanol–water partition coefficient (Wildman–Crippen LogP) is 0.439. The summed E-state index contributed by atoms with van der Waals surface area (Å²) < 4.78 is 4.83. The van der Waals surface area contributed by atoms with Gasteiger partial charge in [-0.3, -0.25) is 9.59 Å². The van der Waals surface area contributed by atoms with Gasteiger partial charge in [0.15, 0.2) is 6.10 Å². The zero-order valence-electron chi connectivity index (χ0n) is 14.4. The van der Waals surface area contributed by atoms with E-state index >= 15 is 0 Å². The molecule has 0 aromatic heterocycles. The molecule has 132 valence electrons. The largest absolute Gasteiger partial charge is 0.436 e. The molecular weight excluding hydrogens is 302 g/mol. The first-order valence-corrected chi connectivity index (χ1v) is 7.38. The Morgan fingerprint density at radius 2 is 1.83 bits per heavy atom. The molecule has 0 heterocycles. The number of rotatable bonds is 8. The first-order chi connectivity index (χ1) is 10.5. The van der Waals surface area contributed by atoms with Crippen molar-refractivity contribution in [3.8, 4) is 0 Å². The topological polar surface area (TPSA) is 119 Å². The van der Waals surface area contributed by atoms with Gasteiger partial charge >= 0.3 is 6.09 Å². The molecule has 0 aromatic carbocycles. The van der Waals surface area contributed by atoms with Crippen molar-refractivity contribution in [3.63, 3.8) is 0 Å². The lowest BCUT2D eigenvalue weighted by Gasteiger charge is -2.25. The Bertz CT molecular complexity index is 443. The third-order valence-electron chi connectivity index (χ3n) is 3.01. The van der Waals surface area contributed by atoms with E-state index in [9.17, 15) is 19.2 Å². The number of hydrogen-bond acceptors (Lipinski definition) is 5. The van der Waals surface area contributed by atoms with E-state index < -0.39 is 24.1 Å². The molecule has 0 fully saturated rings. The van der Waals surface area contributed by atoms with Crippen LogP contribution in [-0.4, -0.2) is 55.3 Å². The van der Waals surface area contributed by atoms with E-state index in [1.807, 2.05) is 20.8 Å². The van der Waals surface area contributed by atoms with Crippen molar-refractivity contribution in [1.82, 2.24) is 10.2 Å². The van der Waals surface area contributed by atoms with Crippen molar-refractivity contribution in [2.75, 3.05) is 14.1 Å². The first kappa shape index (κ1) is 20.9. The van der Waals surface area contributed by atoms with Gasteiger partial charge in [0.1, 0.15) is 6.29 Å². The van der Waals surface area contributed by atoms with Gasteiger partial charge in [0.25, 0.3) is 5.91 Å². The number of primary amides is 1. The zero-order chi connectivity index (χ0) is 18.2. The quantitative estimate of drug-likeness (QED) is 0.626. The van der Waals surface area contributed by atoms with Crippen molar-refractivity contribution in [3.05, 3.63) is 0 Å². The molecule has 0 aliphatic heterocycles. The highest BCUT2D eigenvalue weighted by molar-refractivity contribution is 5.85. The maximum Gasteiger partial charge on any atom is 0.405 e. The van der Waals surface area contributed by atoms with Gasteiger partial charge in [0.05, 0.1) is 6.04 Å². The molecule has 23 heavy (non-hydrogen) atoms. The molecule has 3 N–H and O–H groups in total. The molecule has 0 bridgehead atoms. The van der Waals surface area contributed by atoms with Gasteiger partial charge in [-0.25, -0.2) is 4.79 Å². The summed E-state index contributed by atoms with van der Waals surface area (Å²) in [4.78, 5) is 47.2. The molecule has 0 aromatic rings. The molecule has 2 unspecified atom stereocenters. The van der Waals surface area contributed by atoms with Crippen LogP contribution in [0.15, 0.2) is 0 Å². The van der Waals surface area contributed by atoms with Gasteiger partial charge in [-0.2, -0.15) is 0 Å². The Balaban J connectivity index is 4.75. The molecule has 0 aliphatic carbocycles. The number of nitrogens with zero attached hydrogens (tertiary/aromatic N) is 1. The summed E-state index contributed by atoms with van der Waals surface area (Å²) >= 11 is 0. The second kappa shape index (κ2) is 9.12. The van der Waals surface area contributed by atoms with E-state index in [1.54, 1.807) is 14.1 Å². The highest BCUT2D eigenvalue weighted by atomic mass is 16.6. The second-order valence-corrected chi connectivity index (χ2v) is 6.77. The number of amides is 3. The smallest absolute Gasteiger partial charge is 0.405 e. The Hall–Kier alpha value is -2.12. The number of carbonyl (C=O) groups is 4. The van der Waals surface area contributed by atoms with Crippen molar-refractivity contribution in [2.24, 2.45) is 11.1 Å². The van der Waals surface area contributed by atoms with Crippen LogP contribution in [0, 0.1) is 5.41 Å². The number of carbonyl (C=O) groups excluding carboxylic acids is 4. The lowest BCUT2D eigenvalue weighted by molar-refractivity contribution is -0.133.